The van der Waals surface area contributed by atoms with Gasteiger partial charge in [-0.1, -0.05) is 32.9 Å². The number of hydrogen-bond donors (Lipinski definition) is 1. The van der Waals surface area contributed by atoms with Crippen molar-refractivity contribution in [3.8, 4) is 5.75 Å². The van der Waals surface area contributed by atoms with E-state index in [9.17, 15) is 4.79 Å². The molecule has 5 nitrogen and oxygen atoms in total. The molecule has 1 atom stereocenters. The summed E-state index contributed by atoms with van der Waals surface area (Å²) in [5.41, 5.74) is 1.35. The van der Waals surface area contributed by atoms with Crippen LogP contribution in [0.25, 0.3) is 0 Å². The van der Waals surface area contributed by atoms with Gasteiger partial charge in [0.25, 0.3) is 5.91 Å². The maximum Gasteiger partial charge on any atom is 0.260 e. The van der Waals surface area contributed by atoms with Crippen LogP contribution in [-0.2, 0) is 16.8 Å². The molecule has 0 saturated carbocycles. The second-order valence-corrected chi connectivity index (χ2v) is 6.98. The van der Waals surface area contributed by atoms with Crippen LogP contribution in [0.5, 0.6) is 5.75 Å². The fourth-order valence-corrected chi connectivity index (χ4v) is 2.33. The van der Waals surface area contributed by atoms with Gasteiger partial charge in [0.05, 0.1) is 6.33 Å². The molecular formula is C19H27N3O2. The normalized spacial score (nSPS) is 12.7. The van der Waals surface area contributed by atoms with Gasteiger partial charge >= 0.3 is 0 Å². The van der Waals surface area contributed by atoms with Crippen molar-refractivity contribution in [2.24, 2.45) is 0 Å². The van der Waals surface area contributed by atoms with Crippen LogP contribution in [0, 0.1) is 0 Å². The fourth-order valence-electron chi connectivity index (χ4n) is 2.33. The van der Waals surface area contributed by atoms with Crippen LogP contribution in [0.1, 0.15) is 39.7 Å². The molecule has 0 aliphatic heterocycles. The number of hydrogen-bond acceptors (Lipinski definition) is 3. The molecular weight excluding hydrogens is 302 g/mol. The lowest BCUT2D eigenvalue weighted by atomic mass is 9.87. The second kappa shape index (κ2) is 7.99. The van der Waals surface area contributed by atoms with Crippen molar-refractivity contribution < 1.29 is 9.53 Å². The van der Waals surface area contributed by atoms with E-state index in [0.29, 0.717) is 12.3 Å². The van der Waals surface area contributed by atoms with Crippen LogP contribution in [0.2, 0.25) is 0 Å². The highest BCUT2D eigenvalue weighted by Gasteiger charge is 2.16. The van der Waals surface area contributed by atoms with E-state index in [1.54, 1.807) is 19.4 Å². The third-order valence-electron chi connectivity index (χ3n) is 3.85. The molecule has 1 N–H and O–H groups in total. The number of imidazole rings is 1. The zero-order valence-corrected chi connectivity index (χ0v) is 15.0. The van der Waals surface area contributed by atoms with Gasteiger partial charge < -0.3 is 14.6 Å². The lowest BCUT2D eigenvalue weighted by molar-refractivity contribution is -0.127. The molecule has 1 heterocycles. The van der Waals surface area contributed by atoms with E-state index in [-0.39, 0.29) is 11.3 Å². The SMILES string of the molecule is CC(Oc1ccc(C(C)(C)C)cc1)C(=O)NCCCn1ccnc1. The quantitative estimate of drug-likeness (QED) is 0.794. The smallest absolute Gasteiger partial charge is 0.260 e. The first-order valence-corrected chi connectivity index (χ1v) is 8.37. The predicted octanol–water partition coefficient (Wildman–Crippen LogP) is 3.15. The van der Waals surface area contributed by atoms with E-state index in [1.807, 2.05) is 35.0 Å². The van der Waals surface area contributed by atoms with Gasteiger partial charge in [0.1, 0.15) is 5.75 Å². The third-order valence-corrected chi connectivity index (χ3v) is 3.85. The first-order chi connectivity index (χ1) is 11.4. The van der Waals surface area contributed by atoms with Gasteiger partial charge in [0.15, 0.2) is 6.10 Å². The molecule has 24 heavy (non-hydrogen) atoms. The lowest BCUT2D eigenvalue weighted by Gasteiger charge is -2.20. The summed E-state index contributed by atoms with van der Waals surface area (Å²) < 4.78 is 7.71. The average molecular weight is 329 g/mol. The molecule has 1 aromatic heterocycles. The summed E-state index contributed by atoms with van der Waals surface area (Å²) in [4.78, 5) is 16.1. The molecule has 1 aromatic carbocycles. The second-order valence-electron chi connectivity index (χ2n) is 6.98. The Morgan fingerprint density at radius 1 is 1.29 bits per heavy atom. The van der Waals surface area contributed by atoms with Gasteiger partial charge in [-0.15, -0.1) is 0 Å². The molecule has 0 aliphatic carbocycles. The molecule has 0 fully saturated rings. The van der Waals surface area contributed by atoms with Gasteiger partial charge in [-0.2, -0.15) is 0 Å². The number of nitrogens with zero attached hydrogens (tertiary/aromatic N) is 2. The van der Waals surface area contributed by atoms with E-state index in [4.69, 9.17) is 4.74 Å². The zero-order valence-electron chi connectivity index (χ0n) is 15.0. The van der Waals surface area contributed by atoms with Gasteiger partial charge in [-0.25, -0.2) is 4.98 Å². The third kappa shape index (κ3) is 5.41. The van der Waals surface area contributed by atoms with Crippen LogP contribution < -0.4 is 10.1 Å². The molecule has 5 heteroatoms. The molecule has 0 bridgehead atoms. The fraction of sp³-hybridized carbons (Fsp3) is 0.474. The van der Waals surface area contributed by atoms with Crippen molar-refractivity contribution in [2.75, 3.05) is 6.54 Å². The van der Waals surface area contributed by atoms with Gasteiger partial charge in [0, 0.05) is 25.5 Å². The van der Waals surface area contributed by atoms with Crippen molar-refractivity contribution in [3.63, 3.8) is 0 Å². The van der Waals surface area contributed by atoms with E-state index >= 15 is 0 Å². The zero-order chi connectivity index (χ0) is 17.6. The number of carbonyl (C=O) groups is 1. The Kier molecular flexibility index (Phi) is 6.01. The summed E-state index contributed by atoms with van der Waals surface area (Å²) in [6, 6.07) is 7.93. The number of rotatable bonds is 7. The minimum Gasteiger partial charge on any atom is -0.481 e. The Labute approximate surface area is 144 Å². The van der Waals surface area contributed by atoms with Crippen LogP contribution in [0.4, 0.5) is 0 Å². The first-order valence-electron chi connectivity index (χ1n) is 8.37. The number of carbonyl (C=O) groups excluding carboxylic acids is 1. The molecule has 0 saturated heterocycles. The number of benzene rings is 1. The molecule has 2 rings (SSSR count). The molecule has 0 radical (unpaired) electrons. The van der Waals surface area contributed by atoms with Gasteiger partial charge in [-0.3, -0.25) is 4.79 Å². The Morgan fingerprint density at radius 3 is 2.58 bits per heavy atom. The summed E-state index contributed by atoms with van der Waals surface area (Å²) in [6.07, 6.45) is 5.77. The average Bonchev–Trinajstić information content (AvgIpc) is 3.04. The van der Waals surface area contributed by atoms with Crippen molar-refractivity contribution in [1.82, 2.24) is 14.9 Å². The highest BCUT2D eigenvalue weighted by atomic mass is 16.5. The monoisotopic (exact) mass is 329 g/mol. The Balaban J connectivity index is 1.74. The minimum atomic E-state index is -0.515. The summed E-state index contributed by atoms with van der Waals surface area (Å²) in [5.74, 6) is 0.615. The lowest BCUT2D eigenvalue weighted by Crippen LogP contribution is -2.37. The highest BCUT2D eigenvalue weighted by Crippen LogP contribution is 2.24. The molecule has 0 spiro atoms. The first kappa shape index (κ1) is 18.0. The van der Waals surface area contributed by atoms with Crippen molar-refractivity contribution in [2.45, 2.75) is 52.2 Å². The van der Waals surface area contributed by atoms with E-state index in [2.05, 4.69) is 31.1 Å². The van der Waals surface area contributed by atoms with E-state index in [1.165, 1.54) is 5.56 Å². The molecule has 1 unspecified atom stereocenters. The van der Waals surface area contributed by atoms with Crippen LogP contribution in [0.3, 0.4) is 0 Å². The summed E-state index contributed by atoms with van der Waals surface area (Å²) >= 11 is 0. The summed E-state index contributed by atoms with van der Waals surface area (Å²) in [7, 11) is 0. The minimum absolute atomic E-state index is 0.0967. The Hall–Kier alpha value is -2.30. The van der Waals surface area contributed by atoms with Crippen molar-refractivity contribution in [3.05, 3.63) is 48.5 Å². The molecule has 2 aromatic rings. The number of ether oxygens (including phenoxy) is 1. The molecule has 130 valence electrons. The number of nitrogens with one attached hydrogen (secondary N) is 1. The van der Waals surface area contributed by atoms with E-state index in [0.717, 1.165) is 13.0 Å². The van der Waals surface area contributed by atoms with Crippen molar-refractivity contribution in [1.29, 1.82) is 0 Å². The van der Waals surface area contributed by atoms with Crippen molar-refractivity contribution >= 4 is 5.91 Å². The molecule has 1 amide bonds. The predicted molar refractivity (Wildman–Crippen MR) is 95.1 cm³/mol. The Bertz CT molecular complexity index is 628. The van der Waals surface area contributed by atoms with Gasteiger partial charge in [0.2, 0.25) is 0 Å². The Morgan fingerprint density at radius 2 is 2.00 bits per heavy atom. The molecule has 0 aliphatic rings. The topological polar surface area (TPSA) is 56.1 Å². The highest BCUT2D eigenvalue weighted by molar-refractivity contribution is 5.80. The number of aryl methyl sites for hydroxylation is 1. The van der Waals surface area contributed by atoms with Crippen LogP contribution >= 0.6 is 0 Å². The maximum absolute atomic E-state index is 12.1. The summed E-state index contributed by atoms with van der Waals surface area (Å²) in [5, 5.41) is 2.90. The maximum atomic E-state index is 12.1. The van der Waals surface area contributed by atoms with Crippen LogP contribution in [0.15, 0.2) is 43.0 Å². The standard InChI is InChI=1S/C19H27N3O2/c1-15(18(23)21-10-5-12-22-13-11-20-14-22)24-17-8-6-16(7-9-17)19(2,3)4/h6-9,11,13-15H,5,10,12H2,1-4H3,(H,21,23). The number of amides is 1. The largest absolute Gasteiger partial charge is 0.481 e. The van der Waals surface area contributed by atoms with Gasteiger partial charge in [-0.05, 0) is 36.5 Å². The number of aromatic nitrogens is 2. The summed E-state index contributed by atoms with van der Waals surface area (Å²) in [6.45, 7) is 9.73. The van der Waals surface area contributed by atoms with Crippen LogP contribution in [-0.4, -0.2) is 28.1 Å². The van der Waals surface area contributed by atoms with E-state index < -0.39 is 6.10 Å².